The van der Waals surface area contributed by atoms with Crippen LogP contribution in [0.2, 0.25) is 6.82 Å². The van der Waals surface area contributed by atoms with Crippen LogP contribution < -0.4 is 0 Å². The third kappa shape index (κ3) is 0.891. The first-order valence-corrected chi connectivity index (χ1v) is 2.89. The Bertz CT molecular complexity index is 37.2. The summed E-state index contributed by atoms with van der Waals surface area (Å²) >= 11 is 0. The lowest BCUT2D eigenvalue weighted by Gasteiger charge is -1.83. The van der Waals surface area contributed by atoms with Gasteiger partial charge in [-0.05, 0) is 0 Å². The second-order valence-corrected chi connectivity index (χ2v) is 2.39. The molecule has 0 N–H and O–H groups in total. The van der Waals surface area contributed by atoms with Gasteiger partial charge in [0.05, 0.1) is 6.49 Å². The fourth-order valence-corrected chi connectivity index (χ4v) is 1.13. The Morgan fingerprint density at radius 3 is 1.83 bits per heavy atom. The van der Waals surface area contributed by atoms with Crippen molar-refractivity contribution in [1.82, 2.24) is 0 Å². The Labute approximate surface area is 42.4 Å². The third-order valence-electron chi connectivity index (χ3n) is 1.64. The quantitative estimate of drug-likeness (QED) is 0.281. The molecule has 0 atom stereocenters. The summed E-state index contributed by atoms with van der Waals surface area (Å²) in [5, 5.41) is 0. The lowest BCUT2D eigenvalue weighted by Crippen LogP contribution is -2.18. The molecule has 5 heteroatoms. The van der Waals surface area contributed by atoms with Gasteiger partial charge in [-0.2, -0.15) is 0 Å². The molecule has 0 bridgehead atoms. The molecule has 1 heterocycles. The van der Waals surface area contributed by atoms with Crippen LogP contribution in [-0.4, -0.2) is 34.7 Å². The SMILES string of the molecule is CB1BBBB1. The normalized spacial score (nSPS) is 17.2. The molecule has 0 aromatic carbocycles. The van der Waals surface area contributed by atoms with Gasteiger partial charge in [-0.25, -0.2) is 0 Å². The van der Waals surface area contributed by atoms with Crippen molar-refractivity contribution >= 4 is 34.7 Å². The minimum atomic E-state index is 1.05. The van der Waals surface area contributed by atoms with Gasteiger partial charge in [0.1, 0.15) is 0 Å². The zero-order chi connectivity index (χ0) is 4.41. The fraction of sp³-hybridized carbons (Fsp3) is 1.00. The van der Waals surface area contributed by atoms with Gasteiger partial charge in [-0.15, -0.1) is 6.82 Å². The molecule has 0 saturated carbocycles. The van der Waals surface area contributed by atoms with Crippen LogP contribution >= 0.6 is 0 Å². The van der Waals surface area contributed by atoms with E-state index in [9.17, 15) is 0 Å². The van der Waals surface area contributed by atoms with Crippen molar-refractivity contribution in [3.05, 3.63) is 0 Å². The topological polar surface area (TPSA) is 0 Å². The lowest BCUT2D eigenvalue weighted by molar-refractivity contribution is 2.34. The summed E-state index contributed by atoms with van der Waals surface area (Å²) in [7, 11) is 5.95. The van der Waals surface area contributed by atoms with Crippen molar-refractivity contribution in [2.24, 2.45) is 0 Å². The van der Waals surface area contributed by atoms with Crippen molar-refractivity contribution in [2.75, 3.05) is 0 Å². The lowest BCUT2D eigenvalue weighted by atomic mass is 9.05. The molecule has 0 aromatic heterocycles. The van der Waals surface area contributed by atoms with Crippen LogP contribution in [0.3, 0.4) is 0 Å². The first kappa shape index (κ1) is 4.48. The summed E-state index contributed by atoms with van der Waals surface area (Å²) in [6.07, 6.45) is 0. The van der Waals surface area contributed by atoms with Crippen molar-refractivity contribution in [3.63, 3.8) is 0 Å². The summed E-state index contributed by atoms with van der Waals surface area (Å²) < 4.78 is 0. The second kappa shape index (κ2) is 1.86. The maximum Gasteiger partial charge on any atom is 0.0519 e. The van der Waals surface area contributed by atoms with Gasteiger partial charge in [0, 0.05) is 28.2 Å². The predicted molar refractivity (Wildman–Crippen MR) is 40.2 cm³/mol. The van der Waals surface area contributed by atoms with E-state index in [-0.39, 0.29) is 0 Å². The van der Waals surface area contributed by atoms with E-state index in [1.54, 1.807) is 0 Å². The first-order chi connectivity index (χ1) is 2.89. The number of hydrogen-bond acceptors (Lipinski definition) is 0. The van der Waals surface area contributed by atoms with E-state index in [0.29, 0.717) is 0 Å². The summed E-state index contributed by atoms with van der Waals surface area (Å²) in [6.45, 7) is 3.39. The number of hydrogen-bond donors (Lipinski definition) is 0. The highest BCUT2D eigenvalue weighted by Gasteiger charge is 2.15. The smallest absolute Gasteiger partial charge is 0.0519 e. The van der Waals surface area contributed by atoms with Gasteiger partial charge in [-0.3, -0.25) is 0 Å². The van der Waals surface area contributed by atoms with E-state index in [4.69, 9.17) is 0 Å². The summed E-state index contributed by atoms with van der Waals surface area (Å²) in [5.41, 5.74) is 0. The Morgan fingerprint density at radius 2 is 1.67 bits per heavy atom. The minimum absolute atomic E-state index is 1.05. The minimum Gasteiger partial charge on any atom is -0.101 e. The van der Waals surface area contributed by atoms with Crippen LogP contribution in [0.5, 0.6) is 0 Å². The Kier molecular flexibility index (Phi) is 1.39. The highest BCUT2D eigenvalue weighted by Crippen LogP contribution is 1.79. The van der Waals surface area contributed by atoms with E-state index < -0.39 is 0 Å². The molecular formula is CH7B5. The molecule has 1 aliphatic heterocycles. The molecule has 26 valence electrons. The average Bonchev–Trinajstić information content (AvgIpc) is 1.86. The fourth-order valence-electron chi connectivity index (χ4n) is 1.13. The molecule has 0 spiro atoms. The van der Waals surface area contributed by atoms with Gasteiger partial charge in [0.25, 0.3) is 0 Å². The van der Waals surface area contributed by atoms with Crippen LogP contribution in [0.25, 0.3) is 0 Å². The van der Waals surface area contributed by atoms with Crippen LogP contribution in [-0.2, 0) is 0 Å². The van der Waals surface area contributed by atoms with Crippen LogP contribution in [0, 0.1) is 0 Å². The first-order valence-electron chi connectivity index (χ1n) is 2.89. The molecule has 1 saturated heterocycles. The van der Waals surface area contributed by atoms with Gasteiger partial charge in [0.15, 0.2) is 0 Å². The molecule has 1 fully saturated rings. The van der Waals surface area contributed by atoms with Gasteiger partial charge < -0.3 is 0 Å². The molecule has 0 radical (unpaired) electrons. The number of rotatable bonds is 0. The molecule has 1 rings (SSSR count). The Hall–Kier alpha value is 0.325. The predicted octanol–water partition coefficient (Wildman–Crippen LogP) is -2.39. The van der Waals surface area contributed by atoms with E-state index in [1.807, 2.05) is 0 Å². The highest BCUT2D eigenvalue weighted by molar-refractivity contribution is 7.80. The summed E-state index contributed by atoms with van der Waals surface area (Å²) in [6, 6.07) is 0. The standard InChI is InChI=1S/CH7B5/c1-6-4-2-3-5-6/h2-5H,1H3. The maximum atomic E-state index is 2.34. The van der Waals surface area contributed by atoms with Gasteiger partial charge in [0.2, 0.25) is 0 Å². The van der Waals surface area contributed by atoms with E-state index in [0.717, 1.165) is 6.49 Å². The van der Waals surface area contributed by atoms with Gasteiger partial charge >= 0.3 is 0 Å². The van der Waals surface area contributed by atoms with Crippen molar-refractivity contribution in [3.8, 4) is 0 Å². The zero-order valence-corrected chi connectivity index (χ0v) is 4.41. The molecule has 0 unspecified atom stereocenters. The molecule has 0 aliphatic carbocycles. The molecule has 0 aromatic rings. The summed E-state index contributed by atoms with van der Waals surface area (Å²) in [5.74, 6) is 0. The van der Waals surface area contributed by atoms with Crippen LogP contribution in [0.1, 0.15) is 0 Å². The Morgan fingerprint density at radius 1 is 1.17 bits per heavy atom. The van der Waals surface area contributed by atoms with Crippen molar-refractivity contribution < 1.29 is 0 Å². The van der Waals surface area contributed by atoms with Crippen molar-refractivity contribution in [2.45, 2.75) is 6.82 Å². The van der Waals surface area contributed by atoms with Crippen LogP contribution in [0.4, 0.5) is 0 Å². The molecule has 6 heavy (non-hydrogen) atoms. The third-order valence-corrected chi connectivity index (χ3v) is 1.64. The molecule has 0 nitrogen and oxygen atoms in total. The van der Waals surface area contributed by atoms with E-state index in [1.165, 1.54) is 28.2 Å². The monoisotopic (exact) mass is 74.1 g/mol. The summed E-state index contributed by atoms with van der Waals surface area (Å²) in [4.78, 5) is 0. The van der Waals surface area contributed by atoms with Gasteiger partial charge in [-0.1, -0.05) is 0 Å². The average molecular weight is 73.1 g/mol. The molecule has 0 amide bonds. The van der Waals surface area contributed by atoms with Crippen molar-refractivity contribution in [1.29, 1.82) is 0 Å². The molecule has 1 aliphatic rings. The second-order valence-electron chi connectivity index (χ2n) is 2.39. The zero-order valence-electron chi connectivity index (χ0n) is 4.41. The van der Waals surface area contributed by atoms with E-state index in [2.05, 4.69) is 6.82 Å². The largest absolute Gasteiger partial charge is 0.101 e. The highest BCUT2D eigenvalue weighted by atomic mass is 13.1. The maximum absolute atomic E-state index is 2.34. The Balaban J connectivity index is 2.18. The molecular weight excluding hydrogens is 66.1 g/mol. The van der Waals surface area contributed by atoms with Crippen LogP contribution in [0.15, 0.2) is 0 Å². The van der Waals surface area contributed by atoms with E-state index >= 15 is 0 Å².